The zero-order valence-corrected chi connectivity index (χ0v) is 14.6. The standard InChI is InChI=1S/C15H28O3Si/c1-11(2)15(10-14(15,6)12(16)17-7)18-19(8,9)13(3,4)5/h1,10H2,2-9H3/t14-,15-/m1/s1. The summed E-state index contributed by atoms with van der Waals surface area (Å²) < 4.78 is 11.5. The van der Waals surface area contributed by atoms with Gasteiger partial charge in [-0.25, -0.2) is 0 Å². The lowest BCUT2D eigenvalue weighted by molar-refractivity contribution is -0.148. The molecule has 0 bridgehead atoms. The summed E-state index contributed by atoms with van der Waals surface area (Å²) in [6, 6.07) is 0. The molecule has 19 heavy (non-hydrogen) atoms. The molecular weight excluding hydrogens is 256 g/mol. The number of hydrogen-bond acceptors (Lipinski definition) is 3. The molecule has 110 valence electrons. The van der Waals surface area contributed by atoms with Crippen molar-refractivity contribution in [2.45, 2.75) is 64.8 Å². The van der Waals surface area contributed by atoms with Gasteiger partial charge in [0.15, 0.2) is 8.32 Å². The first kappa shape index (κ1) is 16.4. The molecule has 0 amide bonds. The van der Waals surface area contributed by atoms with Crippen molar-refractivity contribution in [2.75, 3.05) is 7.11 Å². The van der Waals surface area contributed by atoms with Crippen molar-refractivity contribution < 1.29 is 14.0 Å². The molecule has 1 saturated carbocycles. The van der Waals surface area contributed by atoms with E-state index in [-0.39, 0.29) is 11.0 Å². The van der Waals surface area contributed by atoms with E-state index < -0.39 is 19.3 Å². The first-order chi connectivity index (χ1) is 8.34. The zero-order chi connectivity index (χ0) is 15.3. The molecule has 0 spiro atoms. The molecule has 0 N–H and O–H groups in total. The highest BCUT2D eigenvalue weighted by atomic mass is 28.4. The summed E-state index contributed by atoms with van der Waals surface area (Å²) in [4.78, 5) is 12.0. The summed E-state index contributed by atoms with van der Waals surface area (Å²) >= 11 is 0. The molecule has 0 saturated heterocycles. The molecule has 1 fully saturated rings. The topological polar surface area (TPSA) is 35.5 Å². The van der Waals surface area contributed by atoms with Crippen LogP contribution in [0, 0.1) is 5.41 Å². The Balaban J connectivity index is 3.09. The molecule has 0 aromatic rings. The number of hydrogen-bond donors (Lipinski definition) is 0. The van der Waals surface area contributed by atoms with Crippen molar-refractivity contribution in [3.05, 3.63) is 12.2 Å². The Hall–Kier alpha value is -0.613. The predicted octanol–water partition coefficient (Wildman–Crippen LogP) is 3.91. The molecule has 2 atom stereocenters. The lowest BCUT2D eigenvalue weighted by atomic mass is 10.00. The van der Waals surface area contributed by atoms with E-state index in [9.17, 15) is 4.79 Å². The van der Waals surface area contributed by atoms with E-state index in [1.165, 1.54) is 7.11 Å². The fourth-order valence-corrected chi connectivity index (χ4v) is 4.01. The summed E-state index contributed by atoms with van der Waals surface area (Å²) in [5.41, 5.74) is -0.197. The SMILES string of the molecule is C=C(C)[C@]1(O[Si](C)(C)C(C)(C)C)C[C@]1(C)C(=O)OC. The number of ether oxygens (including phenoxy) is 1. The van der Waals surface area contributed by atoms with Crippen LogP contribution in [0.15, 0.2) is 12.2 Å². The van der Waals surface area contributed by atoms with E-state index in [0.717, 1.165) is 5.57 Å². The molecule has 4 heteroatoms. The molecule has 0 aliphatic heterocycles. The van der Waals surface area contributed by atoms with Crippen LogP contribution in [0.3, 0.4) is 0 Å². The third-order valence-electron chi connectivity index (χ3n) is 4.93. The summed E-state index contributed by atoms with van der Waals surface area (Å²) in [5.74, 6) is -0.200. The Kier molecular flexibility index (Phi) is 3.85. The summed E-state index contributed by atoms with van der Waals surface area (Å²) in [7, 11) is -0.525. The zero-order valence-electron chi connectivity index (χ0n) is 13.6. The molecule has 1 aliphatic rings. The van der Waals surface area contributed by atoms with Crippen molar-refractivity contribution >= 4 is 14.3 Å². The Bertz CT molecular complexity index is 408. The number of methoxy groups -OCH3 is 1. The van der Waals surface area contributed by atoms with E-state index in [0.29, 0.717) is 6.42 Å². The van der Waals surface area contributed by atoms with Crippen LogP contribution >= 0.6 is 0 Å². The van der Waals surface area contributed by atoms with Gasteiger partial charge < -0.3 is 9.16 Å². The van der Waals surface area contributed by atoms with Gasteiger partial charge in [0.2, 0.25) is 0 Å². The third-order valence-corrected chi connectivity index (χ3v) is 9.40. The maximum atomic E-state index is 12.0. The van der Waals surface area contributed by atoms with Crippen molar-refractivity contribution in [3.8, 4) is 0 Å². The second-order valence-electron chi connectivity index (χ2n) is 7.47. The first-order valence-corrected chi connectivity index (χ1v) is 9.69. The molecule has 0 heterocycles. The van der Waals surface area contributed by atoms with Gasteiger partial charge in [0.25, 0.3) is 0 Å². The average Bonchev–Trinajstić information content (AvgIpc) is 2.83. The van der Waals surface area contributed by atoms with Gasteiger partial charge in [-0.05, 0) is 44.0 Å². The van der Waals surface area contributed by atoms with Gasteiger partial charge in [-0.3, -0.25) is 4.79 Å². The van der Waals surface area contributed by atoms with Crippen LogP contribution in [0.4, 0.5) is 0 Å². The van der Waals surface area contributed by atoms with Crippen LogP contribution in [-0.4, -0.2) is 27.0 Å². The minimum absolute atomic E-state index is 0.106. The molecule has 0 aromatic heterocycles. The van der Waals surface area contributed by atoms with Crippen molar-refractivity contribution in [1.29, 1.82) is 0 Å². The van der Waals surface area contributed by atoms with E-state index in [2.05, 4.69) is 40.4 Å². The Labute approximate surface area is 118 Å². The highest BCUT2D eigenvalue weighted by molar-refractivity contribution is 6.74. The Morgan fingerprint density at radius 3 is 2.11 bits per heavy atom. The fraction of sp³-hybridized carbons (Fsp3) is 0.800. The molecule has 0 unspecified atom stereocenters. The predicted molar refractivity (Wildman–Crippen MR) is 80.6 cm³/mol. The monoisotopic (exact) mass is 284 g/mol. The summed E-state index contributed by atoms with van der Waals surface area (Å²) in [5, 5.41) is 0.106. The molecule has 1 aliphatic carbocycles. The molecular formula is C15H28O3Si. The van der Waals surface area contributed by atoms with Gasteiger partial charge in [0, 0.05) is 0 Å². The average molecular weight is 284 g/mol. The van der Waals surface area contributed by atoms with E-state index in [4.69, 9.17) is 9.16 Å². The van der Waals surface area contributed by atoms with Gasteiger partial charge in [0.05, 0.1) is 18.1 Å². The Morgan fingerprint density at radius 1 is 1.32 bits per heavy atom. The second kappa shape index (κ2) is 4.45. The van der Waals surface area contributed by atoms with Crippen LogP contribution in [0.2, 0.25) is 18.1 Å². The minimum Gasteiger partial charge on any atom is -0.469 e. The van der Waals surface area contributed by atoms with E-state index in [1.807, 2.05) is 13.8 Å². The van der Waals surface area contributed by atoms with Gasteiger partial charge in [-0.15, -0.1) is 0 Å². The quantitative estimate of drug-likeness (QED) is 0.446. The van der Waals surface area contributed by atoms with Crippen LogP contribution in [0.5, 0.6) is 0 Å². The number of esters is 1. The first-order valence-electron chi connectivity index (χ1n) is 6.79. The number of carbonyl (C=O) groups is 1. The largest absolute Gasteiger partial charge is 0.469 e. The third kappa shape index (κ3) is 2.40. The second-order valence-corrected chi connectivity index (χ2v) is 12.2. The van der Waals surface area contributed by atoms with Gasteiger partial charge in [-0.2, -0.15) is 0 Å². The maximum Gasteiger partial charge on any atom is 0.314 e. The smallest absolute Gasteiger partial charge is 0.314 e. The molecule has 3 nitrogen and oxygen atoms in total. The lowest BCUT2D eigenvalue weighted by Gasteiger charge is -2.41. The summed E-state index contributed by atoms with van der Waals surface area (Å²) in [6.07, 6.45) is 0.675. The van der Waals surface area contributed by atoms with Crippen LogP contribution in [0.25, 0.3) is 0 Å². The Morgan fingerprint density at radius 2 is 1.79 bits per heavy atom. The van der Waals surface area contributed by atoms with Gasteiger partial charge >= 0.3 is 5.97 Å². The van der Waals surface area contributed by atoms with Crippen LogP contribution < -0.4 is 0 Å². The molecule has 0 radical (unpaired) electrons. The summed E-state index contributed by atoms with van der Waals surface area (Å²) in [6.45, 7) is 18.9. The number of rotatable bonds is 4. The fourth-order valence-electron chi connectivity index (χ4n) is 2.36. The van der Waals surface area contributed by atoms with E-state index >= 15 is 0 Å². The minimum atomic E-state index is -1.96. The highest BCUT2D eigenvalue weighted by Crippen LogP contribution is 2.64. The normalized spacial score (nSPS) is 30.9. The van der Waals surface area contributed by atoms with Crippen LogP contribution in [0.1, 0.15) is 41.0 Å². The van der Waals surface area contributed by atoms with Gasteiger partial charge in [-0.1, -0.05) is 27.4 Å². The molecule has 1 rings (SSSR count). The lowest BCUT2D eigenvalue weighted by Crippen LogP contribution is -2.47. The molecule has 0 aromatic carbocycles. The highest BCUT2D eigenvalue weighted by Gasteiger charge is 2.73. The van der Waals surface area contributed by atoms with Crippen molar-refractivity contribution in [1.82, 2.24) is 0 Å². The number of carbonyl (C=O) groups excluding carboxylic acids is 1. The maximum absolute atomic E-state index is 12.0. The van der Waals surface area contributed by atoms with Crippen molar-refractivity contribution in [3.63, 3.8) is 0 Å². The van der Waals surface area contributed by atoms with E-state index in [1.54, 1.807) is 0 Å². The van der Waals surface area contributed by atoms with Crippen molar-refractivity contribution in [2.24, 2.45) is 5.41 Å². The van der Waals surface area contributed by atoms with Gasteiger partial charge in [0.1, 0.15) is 0 Å². The van der Waals surface area contributed by atoms with Crippen LogP contribution in [-0.2, 0) is 14.0 Å².